The quantitative estimate of drug-likeness (QED) is 0.175. The largest absolute Gasteiger partial charge is 0.456 e. The smallest absolute Gasteiger partial charge is 0.136 e. The van der Waals surface area contributed by atoms with E-state index in [9.17, 15) is 0 Å². The first-order valence-electron chi connectivity index (χ1n) is 17.3. The summed E-state index contributed by atoms with van der Waals surface area (Å²) in [5.41, 5.74) is 10.0. The zero-order chi connectivity index (χ0) is 33.2. The molecule has 0 aliphatic rings. The second kappa shape index (κ2) is 9.87. The molecule has 12 aromatic rings. The lowest BCUT2D eigenvalue weighted by molar-refractivity contribution is 0.663. The Morgan fingerprint density at radius 1 is 0.255 bits per heavy atom. The second-order valence-corrected chi connectivity index (χ2v) is 13.6. The Labute approximate surface area is 290 Å². The van der Waals surface area contributed by atoms with Crippen LogP contribution in [0.25, 0.3) is 120 Å². The Balaban J connectivity index is 1.15. The number of rotatable bonds is 2. The van der Waals surface area contributed by atoms with E-state index < -0.39 is 0 Å². The average molecular weight is 651 g/mol. The summed E-state index contributed by atoms with van der Waals surface area (Å²) in [4.78, 5) is 0. The van der Waals surface area contributed by atoms with E-state index in [1.54, 1.807) is 0 Å². The summed E-state index contributed by atoms with van der Waals surface area (Å²) in [5, 5.41) is 13.8. The molecule has 3 heterocycles. The van der Waals surface area contributed by atoms with Crippen LogP contribution in [0.3, 0.4) is 0 Å². The lowest BCUT2D eigenvalue weighted by Gasteiger charge is -2.18. The molecule has 0 saturated heterocycles. The van der Waals surface area contributed by atoms with Gasteiger partial charge in [-0.15, -0.1) is 0 Å². The van der Waals surface area contributed by atoms with Gasteiger partial charge in [-0.25, -0.2) is 0 Å². The van der Waals surface area contributed by atoms with Crippen molar-refractivity contribution in [1.29, 1.82) is 0 Å². The van der Waals surface area contributed by atoms with Gasteiger partial charge < -0.3 is 13.3 Å². The molecule has 0 bridgehead atoms. The van der Waals surface area contributed by atoms with Crippen LogP contribution in [0.5, 0.6) is 0 Å². The van der Waals surface area contributed by atoms with Crippen LogP contribution >= 0.6 is 0 Å². The molecule has 0 atom stereocenters. The molecule has 0 aliphatic carbocycles. The number of benzene rings is 9. The molecule has 9 aromatic carbocycles. The highest BCUT2D eigenvalue weighted by Gasteiger charge is 2.21. The van der Waals surface area contributed by atoms with Crippen LogP contribution in [0.1, 0.15) is 0 Å². The third kappa shape index (κ3) is 3.72. The average Bonchev–Trinajstić information content (AvgIpc) is 3.86. The SMILES string of the molecule is c1ccc2cc3c(cc2c1)oc1ccc2oc4ccc(-c5c6ccccc6c(-c6ccc7oc8ccccc8c7c6)c6ccccc56)cc4c2c13. The number of hydrogen-bond acceptors (Lipinski definition) is 3. The molecule has 3 aromatic heterocycles. The van der Waals surface area contributed by atoms with Crippen molar-refractivity contribution in [3.05, 3.63) is 158 Å². The van der Waals surface area contributed by atoms with Crippen LogP contribution in [0, 0.1) is 0 Å². The minimum Gasteiger partial charge on any atom is -0.456 e. The number of para-hydroxylation sites is 1. The summed E-state index contributed by atoms with van der Waals surface area (Å²) in [5.74, 6) is 0. The van der Waals surface area contributed by atoms with Crippen molar-refractivity contribution in [2.24, 2.45) is 0 Å². The highest BCUT2D eigenvalue weighted by molar-refractivity contribution is 6.28. The van der Waals surface area contributed by atoms with Crippen molar-refractivity contribution in [2.45, 2.75) is 0 Å². The van der Waals surface area contributed by atoms with Crippen molar-refractivity contribution < 1.29 is 13.3 Å². The first-order chi connectivity index (χ1) is 25.3. The summed E-state index contributed by atoms with van der Waals surface area (Å²) in [6.07, 6.45) is 0. The molecule has 0 amide bonds. The predicted octanol–water partition coefficient (Wildman–Crippen LogP) is 14.2. The van der Waals surface area contributed by atoms with E-state index in [4.69, 9.17) is 13.3 Å². The van der Waals surface area contributed by atoms with Gasteiger partial charge in [0.15, 0.2) is 0 Å². The van der Waals surface area contributed by atoms with Gasteiger partial charge in [0, 0.05) is 32.3 Å². The van der Waals surface area contributed by atoms with Gasteiger partial charge in [-0.1, -0.05) is 103 Å². The fourth-order valence-corrected chi connectivity index (χ4v) is 8.61. The maximum absolute atomic E-state index is 6.52. The van der Waals surface area contributed by atoms with E-state index >= 15 is 0 Å². The molecule has 3 heteroatoms. The van der Waals surface area contributed by atoms with Gasteiger partial charge in [-0.3, -0.25) is 0 Å². The van der Waals surface area contributed by atoms with Crippen LogP contribution in [0.15, 0.2) is 171 Å². The van der Waals surface area contributed by atoms with Crippen LogP contribution in [0.2, 0.25) is 0 Å². The molecule has 12 rings (SSSR count). The van der Waals surface area contributed by atoms with E-state index in [1.807, 2.05) is 24.3 Å². The molecular formula is C48H26O3. The standard InChI is InChI=1S/C48H26O3/c1-2-10-28-26-44-38(23-27(28)9-1)48-43(51-44)22-21-42-47(48)37-25-30(18-20-41(37)50-42)46-34-14-5-3-12-32(34)45(33-13-4-6-15-35(33)46)29-17-19-40-36(24-29)31-11-7-8-16-39(31)49-40/h1-26H. The fourth-order valence-electron chi connectivity index (χ4n) is 8.61. The van der Waals surface area contributed by atoms with Gasteiger partial charge in [0.25, 0.3) is 0 Å². The lowest BCUT2D eigenvalue weighted by atomic mass is 9.85. The van der Waals surface area contributed by atoms with E-state index in [1.165, 1.54) is 49.0 Å². The highest BCUT2D eigenvalue weighted by Crippen LogP contribution is 2.47. The van der Waals surface area contributed by atoms with Gasteiger partial charge in [0.05, 0.1) is 0 Å². The zero-order valence-corrected chi connectivity index (χ0v) is 27.2. The van der Waals surface area contributed by atoms with Gasteiger partial charge in [0.1, 0.15) is 33.5 Å². The van der Waals surface area contributed by atoms with Gasteiger partial charge in [-0.2, -0.15) is 0 Å². The fraction of sp³-hybridized carbons (Fsp3) is 0. The topological polar surface area (TPSA) is 39.4 Å². The maximum atomic E-state index is 6.52. The number of fused-ring (bicyclic) bond motifs is 13. The van der Waals surface area contributed by atoms with E-state index in [0.717, 1.165) is 71.4 Å². The van der Waals surface area contributed by atoms with Crippen LogP contribution in [0.4, 0.5) is 0 Å². The molecule has 51 heavy (non-hydrogen) atoms. The van der Waals surface area contributed by atoms with Crippen LogP contribution in [-0.2, 0) is 0 Å². The van der Waals surface area contributed by atoms with Crippen molar-refractivity contribution in [2.75, 3.05) is 0 Å². The first kappa shape index (κ1) is 27.0. The molecule has 3 nitrogen and oxygen atoms in total. The second-order valence-electron chi connectivity index (χ2n) is 13.6. The third-order valence-corrected chi connectivity index (χ3v) is 10.8. The van der Waals surface area contributed by atoms with Gasteiger partial charge in [-0.05, 0) is 109 Å². The normalized spacial score (nSPS) is 12.3. The van der Waals surface area contributed by atoms with Gasteiger partial charge in [0.2, 0.25) is 0 Å². The van der Waals surface area contributed by atoms with Gasteiger partial charge >= 0.3 is 0 Å². The monoisotopic (exact) mass is 650 g/mol. The molecule has 0 fully saturated rings. The minimum atomic E-state index is 0.859. The lowest BCUT2D eigenvalue weighted by Crippen LogP contribution is -1.90. The van der Waals surface area contributed by atoms with Crippen LogP contribution < -0.4 is 0 Å². The summed E-state index contributed by atoms with van der Waals surface area (Å²) >= 11 is 0. The Hall–Kier alpha value is -6.84. The Morgan fingerprint density at radius 3 is 1.29 bits per heavy atom. The molecule has 0 aliphatic heterocycles. The van der Waals surface area contributed by atoms with Crippen molar-refractivity contribution in [3.8, 4) is 22.3 Å². The zero-order valence-electron chi connectivity index (χ0n) is 27.2. The van der Waals surface area contributed by atoms with Crippen LogP contribution in [-0.4, -0.2) is 0 Å². The van der Waals surface area contributed by atoms with Crippen molar-refractivity contribution >= 4 is 98.1 Å². The molecule has 0 N–H and O–H groups in total. The molecule has 0 saturated carbocycles. The number of hydrogen-bond donors (Lipinski definition) is 0. The third-order valence-electron chi connectivity index (χ3n) is 10.8. The first-order valence-corrected chi connectivity index (χ1v) is 17.3. The summed E-state index contributed by atoms with van der Waals surface area (Å²) in [7, 11) is 0. The Kier molecular flexibility index (Phi) is 5.23. The molecular weight excluding hydrogens is 625 g/mol. The summed E-state index contributed by atoms with van der Waals surface area (Å²) < 4.78 is 19.2. The summed E-state index contributed by atoms with van der Waals surface area (Å²) in [6.45, 7) is 0. The maximum Gasteiger partial charge on any atom is 0.136 e. The minimum absolute atomic E-state index is 0.859. The van der Waals surface area contributed by atoms with Crippen molar-refractivity contribution in [3.63, 3.8) is 0 Å². The van der Waals surface area contributed by atoms with Crippen molar-refractivity contribution in [1.82, 2.24) is 0 Å². The Bertz CT molecular complexity index is 3370. The predicted molar refractivity (Wildman–Crippen MR) is 212 cm³/mol. The molecule has 0 spiro atoms. The molecule has 0 unspecified atom stereocenters. The molecule has 0 radical (unpaired) electrons. The Morgan fingerprint density at radius 2 is 0.667 bits per heavy atom. The number of furan rings is 3. The highest BCUT2D eigenvalue weighted by atomic mass is 16.3. The molecule has 236 valence electrons. The van der Waals surface area contributed by atoms with E-state index in [2.05, 4.69) is 133 Å². The summed E-state index contributed by atoms with van der Waals surface area (Å²) in [6, 6.07) is 56.1. The van der Waals surface area contributed by atoms with E-state index in [0.29, 0.717) is 0 Å². The van der Waals surface area contributed by atoms with E-state index in [-0.39, 0.29) is 0 Å².